The minimum Gasteiger partial charge on any atom is -0.453 e. The van der Waals surface area contributed by atoms with Crippen LogP contribution in [0.3, 0.4) is 0 Å². The molecule has 2 bridgehead atoms. The molecule has 2 aliphatic rings. The Kier molecular flexibility index (Phi) is 11.8. The Labute approximate surface area is 338 Å². The van der Waals surface area contributed by atoms with Gasteiger partial charge < -0.3 is 39.9 Å². The van der Waals surface area contributed by atoms with Crippen molar-refractivity contribution < 1.29 is 28.7 Å². The van der Waals surface area contributed by atoms with Gasteiger partial charge in [0.1, 0.15) is 23.7 Å². The zero-order valence-electron chi connectivity index (χ0n) is 33.9. The smallest absolute Gasteiger partial charge is 0.407 e. The van der Waals surface area contributed by atoms with Crippen molar-refractivity contribution in [2.24, 2.45) is 11.8 Å². The summed E-state index contributed by atoms with van der Waals surface area (Å²) in [7, 11) is 2.57. The molecule has 3 aromatic carbocycles. The van der Waals surface area contributed by atoms with E-state index >= 15 is 0 Å². The van der Waals surface area contributed by atoms with Crippen molar-refractivity contribution >= 4 is 34.8 Å². The second-order valence-electron chi connectivity index (χ2n) is 15.7. The SMILES string of the molecule is CCCN(Cc1ncc(-c2ccc(-c3ccc4cc(-c5cnc([C@@H]6[C@H]7CC[C@H](C7)N6C(=O)[C@H](C)NC(=O)OC)[nH]5)ccc4c3)cc2)[nH]1)C(=O)[C@@H](NC(=O)OC)C(C)C. The highest BCUT2D eigenvalue weighted by Crippen LogP contribution is 2.50. The molecule has 1 saturated heterocycles. The number of benzene rings is 3. The Bertz CT molecular complexity index is 2280. The van der Waals surface area contributed by atoms with Gasteiger partial charge in [-0.2, -0.15) is 0 Å². The number of carbonyl (C=O) groups excluding carboxylic acids is 4. The van der Waals surface area contributed by atoms with Crippen LogP contribution in [0.2, 0.25) is 0 Å². The fraction of sp³-hybridized carbons (Fsp3) is 0.409. The molecule has 0 spiro atoms. The van der Waals surface area contributed by atoms with Gasteiger partial charge in [-0.15, -0.1) is 0 Å². The number of amides is 4. The molecule has 14 nitrogen and oxygen atoms in total. The Balaban J connectivity index is 1.03. The number of ether oxygens (including phenoxy) is 2. The number of nitrogens with zero attached hydrogens (tertiary/aromatic N) is 4. The van der Waals surface area contributed by atoms with Gasteiger partial charge in [0.15, 0.2) is 0 Å². The van der Waals surface area contributed by atoms with E-state index in [0.29, 0.717) is 18.3 Å². The summed E-state index contributed by atoms with van der Waals surface area (Å²) in [6.45, 7) is 8.29. The number of imidazole rings is 2. The number of aromatic amines is 2. The highest BCUT2D eigenvalue weighted by Gasteiger charge is 2.50. The van der Waals surface area contributed by atoms with Crippen molar-refractivity contribution in [3.05, 3.63) is 84.7 Å². The summed E-state index contributed by atoms with van der Waals surface area (Å²) >= 11 is 0. The predicted molar refractivity (Wildman–Crippen MR) is 220 cm³/mol. The van der Waals surface area contributed by atoms with E-state index in [2.05, 4.69) is 86.2 Å². The van der Waals surface area contributed by atoms with Crippen molar-refractivity contribution in [1.82, 2.24) is 40.4 Å². The Morgan fingerprint density at radius 1 is 0.810 bits per heavy atom. The molecule has 5 aromatic rings. The molecule has 7 rings (SSSR count). The molecule has 3 heterocycles. The lowest BCUT2D eigenvalue weighted by molar-refractivity contribution is -0.137. The van der Waals surface area contributed by atoms with Gasteiger partial charge in [-0.1, -0.05) is 69.3 Å². The van der Waals surface area contributed by atoms with Gasteiger partial charge in [0.05, 0.1) is 50.6 Å². The lowest BCUT2D eigenvalue weighted by Gasteiger charge is -2.36. The summed E-state index contributed by atoms with van der Waals surface area (Å²) in [6, 6.07) is 19.6. The predicted octanol–water partition coefficient (Wildman–Crippen LogP) is 7.20. The van der Waals surface area contributed by atoms with Crippen LogP contribution in [0, 0.1) is 11.8 Å². The lowest BCUT2D eigenvalue weighted by atomic mass is 9.97. The molecule has 58 heavy (non-hydrogen) atoms. The summed E-state index contributed by atoms with van der Waals surface area (Å²) in [5, 5.41) is 7.50. The van der Waals surface area contributed by atoms with Gasteiger partial charge in [-0.05, 0) is 84.0 Å². The number of likely N-dealkylation sites (tertiary alicyclic amines) is 1. The normalized spacial score (nSPS) is 18.3. The van der Waals surface area contributed by atoms with E-state index in [1.54, 1.807) is 18.0 Å². The van der Waals surface area contributed by atoms with Crippen LogP contribution in [0.5, 0.6) is 0 Å². The average molecular weight is 789 g/mol. The van der Waals surface area contributed by atoms with Gasteiger partial charge in [0.25, 0.3) is 0 Å². The lowest BCUT2D eigenvalue weighted by Crippen LogP contribution is -2.51. The second kappa shape index (κ2) is 17.1. The molecule has 0 unspecified atom stereocenters. The summed E-state index contributed by atoms with van der Waals surface area (Å²) in [5.74, 6) is 1.32. The first-order valence-electron chi connectivity index (χ1n) is 20.0. The van der Waals surface area contributed by atoms with E-state index in [4.69, 9.17) is 14.5 Å². The number of hydrogen-bond acceptors (Lipinski definition) is 8. The fourth-order valence-electron chi connectivity index (χ4n) is 8.45. The third kappa shape index (κ3) is 8.27. The zero-order chi connectivity index (χ0) is 41.1. The molecular formula is C44H52N8O6. The number of carbonyl (C=O) groups is 4. The maximum atomic E-state index is 13.5. The number of rotatable bonds is 13. The number of methoxy groups -OCH3 is 2. The highest BCUT2D eigenvalue weighted by atomic mass is 16.5. The molecule has 1 aliphatic carbocycles. The van der Waals surface area contributed by atoms with Crippen molar-refractivity contribution in [2.75, 3.05) is 20.8 Å². The van der Waals surface area contributed by atoms with E-state index in [0.717, 1.165) is 75.9 Å². The van der Waals surface area contributed by atoms with Crippen molar-refractivity contribution in [1.29, 1.82) is 0 Å². The van der Waals surface area contributed by atoms with Gasteiger partial charge in [0, 0.05) is 18.2 Å². The number of nitrogens with one attached hydrogen (secondary N) is 4. The quantitative estimate of drug-likeness (QED) is 0.0969. The average Bonchev–Trinajstić information content (AvgIpc) is 4.07. The topological polar surface area (TPSA) is 175 Å². The third-order valence-corrected chi connectivity index (χ3v) is 11.5. The van der Waals surface area contributed by atoms with E-state index in [-0.39, 0.29) is 36.4 Å². The molecule has 14 heteroatoms. The first-order chi connectivity index (χ1) is 28.0. The molecule has 2 fully saturated rings. The number of H-pyrrole nitrogens is 2. The summed E-state index contributed by atoms with van der Waals surface area (Å²) in [6.07, 6.45) is 6.05. The van der Waals surface area contributed by atoms with Gasteiger partial charge >= 0.3 is 12.2 Å². The maximum Gasteiger partial charge on any atom is 0.407 e. The van der Waals surface area contributed by atoms with E-state index in [9.17, 15) is 19.2 Å². The van der Waals surface area contributed by atoms with Crippen molar-refractivity contribution in [3.63, 3.8) is 0 Å². The van der Waals surface area contributed by atoms with E-state index in [1.165, 1.54) is 14.2 Å². The largest absolute Gasteiger partial charge is 0.453 e. The molecule has 304 valence electrons. The van der Waals surface area contributed by atoms with E-state index in [1.807, 2.05) is 31.9 Å². The minimum absolute atomic E-state index is 0.119. The third-order valence-electron chi connectivity index (χ3n) is 11.5. The van der Waals surface area contributed by atoms with Gasteiger partial charge in [0.2, 0.25) is 11.8 Å². The van der Waals surface area contributed by atoms with Gasteiger partial charge in [-0.25, -0.2) is 19.6 Å². The number of piperidine rings is 1. The number of fused-ring (bicyclic) bond motifs is 3. The van der Waals surface area contributed by atoms with Crippen LogP contribution in [0.4, 0.5) is 9.59 Å². The van der Waals surface area contributed by atoms with Crippen LogP contribution in [-0.2, 0) is 25.6 Å². The number of alkyl carbamates (subject to hydrolysis) is 2. The first-order valence-corrected chi connectivity index (χ1v) is 20.0. The molecule has 1 aliphatic heterocycles. The monoisotopic (exact) mass is 788 g/mol. The summed E-state index contributed by atoms with van der Waals surface area (Å²) in [4.78, 5) is 70.7. The van der Waals surface area contributed by atoms with Crippen molar-refractivity contribution in [2.45, 2.75) is 84.1 Å². The van der Waals surface area contributed by atoms with Crippen LogP contribution in [0.15, 0.2) is 73.1 Å². The van der Waals surface area contributed by atoms with Gasteiger partial charge in [-0.3, -0.25) is 9.59 Å². The zero-order valence-corrected chi connectivity index (χ0v) is 33.9. The van der Waals surface area contributed by atoms with Crippen LogP contribution in [-0.4, -0.2) is 92.6 Å². The molecular weight excluding hydrogens is 737 g/mol. The number of hydrogen-bond donors (Lipinski definition) is 4. The molecule has 1 saturated carbocycles. The molecule has 4 N–H and O–H groups in total. The molecule has 5 atom stereocenters. The summed E-state index contributed by atoms with van der Waals surface area (Å²) in [5.41, 5.74) is 5.87. The minimum atomic E-state index is -0.708. The fourth-order valence-corrected chi connectivity index (χ4v) is 8.45. The molecule has 0 radical (unpaired) electrons. The van der Waals surface area contributed by atoms with Crippen LogP contribution < -0.4 is 10.6 Å². The Hall–Kier alpha value is -6.18. The molecule has 4 amide bonds. The number of aromatic nitrogens is 4. The van der Waals surface area contributed by atoms with Crippen LogP contribution >= 0.6 is 0 Å². The molecule has 2 aromatic heterocycles. The van der Waals surface area contributed by atoms with E-state index < -0.39 is 24.3 Å². The Morgan fingerprint density at radius 3 is 2.12 bits per heavy atom. The first kappa shape index (κ1) is 40.0. The highest BCUT2D eigenvalue weighted by molar-refractivity contribution is 5.91. The standard InChI is InChI=1S/C44H52N8O6/c1-7-18-51(42(54)38(25(2)3)50-44(56)58-6)24-37-45-22-35(48-37)28-10-8-27(9-11-28)29-12-13-31-20-32(15-14-30(31)19-29)36-23-46-40(49-36)39-33-16-17-34(21-33)52(39)41(53)26(4)47-43(55)57-5/h8-15,19-20,22-23,25-26,33-34,38-39H,7,16-18,21,24H2,1-6H3,(H,45,48)(H,46,49)(H,47,55)(H,50,56)/t26-,33-,34+,38-,39-/m0/s1. The van der Waals surface area contributed by atoms with Crippen molar-refractivity contribution in [3.8, 4) is 33.6 Å². The summed E-state index contributed by atoms with van der Waals surface area (Å²) < 4.78 is 9.46. The van der Waals surface area contributed by atoms with Crippen LogP contribution in [0.25, 0.3) is 44.4 Å². The maximum absolute atomic E-state index is 13.5. The second-order valence-corrected chi connectivity index (χ2v) is 15.7. The van der Waals surface area contributed by atoms with Crippen LogP contribution in [0.1, 0.15) is 71.1 Å². The Morgan fingerprint density at radius 2 is 1.43 bits per heavy atom.